The van der Waals surface area contributed by atoms with Crippen molar-refractivity contribution in [3.05, 3.63) is 0 Å². The molecule has 0 bridgehead atoms. The molecule has 2 aliphatic rings. The molecule has 1 saturated carbocycles. The van der Waals surface area contributed by atoms with Crippen LogP contribution >= 0.6 is 0 Å². The molecule has 1 saturated heterocycles. The lowest BCUT2D eigenvalue weighted by Crippen LogP contribution is -2.50. The molecule has 1 aliphatic carbocycles. The Bertz CT molecular complexity index is 203. The van der Waals surface area contributed by atoms with Gasteiger partial charge in [0.1, 0.15) is 0 Å². The van der Waals surface area contributed by atoms with E-state index in [0.717, 1.165) is 24.5 Å². The molecule has 2 nitrogen and oxygen atoms in total. The van der Waals surface area contributed by atoms with Crippen LogP contribution in [0.1, 0.15) is 52.4 Å². The van der Waals surface area contributed by atoms with Crippen LogP contribution in [-0.4, -0.2) is 36.6 Å². The molecular formula is C14H28N2. The van der Waals surface area contributed by atoms with E-state index in [1.165, 1.54) is 51.6 Å². The van der Waals surface area contributed by atoms with E-state index in [1.807, 2.05) is 0 Å². The first kappa shape index (κ1) is 12.4. The fourth-order valence-electron chi connectivity index (χ4n) is 3.53. The number of piperidine rings is 1. The highest BCUT2D eigenvalue weighted by atomic mass is 15.2. The van der Waals surface area contributed by atoms with Crippen molar-refractivity contribution in [2.75, 3.05) is 19.6 Å². The van der Waals surface area contributed by atoms with Gasteiger partial charge in [-0.3, -0.25) is 4.90 Å². The minimum atomic E-state index is 0.760. The SMILES string of the molecule is CCNC1CCCN(C2CCCC(C)C2)C1. The highest BCUT2D eigenvalue weighted by molar-refractivity contribution is 4.85. The van der Waals surface area contributed by atoms with Crippen LogP contribution in [0.15, 0.2) is 0 Å². The molecule has 16 heavy (non-hydrogen) atoms. The van der Waals surface area contributed by atoms with E-state index < -0.39 is 0 Å². The lowest BCUT2D eigenvalue weighted by molar-refractivity contribution is 0.0960. The van der Waals surface area contributed by atoms with E-state index in [4.69, 9.17) is 0 Å². The molecular weight excluding hydrogens is 196 g/mol. The summed E-state index contributed by atoms with van der Waals surface area (Å²) in [6.45, 7) is 8.42. The third kappa shape index (κ3) is 3.21. The Kier molecular flexibility index (Phi) is 4.66. The van der Waals surface area contributed by atoms with Crippen LogP contribution < -0.4 is 5.32 Å². The first-order valence-corrected chi connectivity index (χ1v) is 7.27. The standard InChI is InChI=1S/C14H28N2/c1-3-15-13-7-5-9-16(11-13)14-8-4-6-12(2)10-14/h12-15H,3-11H2,1-2H3. The number of hydrogen-bond acceptors (Lipinski definition) is 2. The molecule has 0 radical (unpaired) electrons. The third-order valence-electron chi connectivity index (χ3n) is 4.37. The average Bonchev–Trinajstić information content (AvgIpc) is 2.30. The quantitative estimate of drug-likeness (QED) is 0.793. The summed E-state index contributed by atoms with van der Waals surface area (Å²) >= 11 is 0. The second kappa shape index (κ2) is 6.02. The van der Waals surface area contributed by atoms with E-state index in [0.29, 0.717) is 0 Å². The molecule has 0 aromatic rings. The van der Waals surface area contributed by atoms with Gasteiger partial charge in [-0.15, -0.1) is 0 Å². The summed E-state index contributed by atoms with van der Waals surface area (Å²) < 4.78 is 0. The van der Waals surface area contributed by atoms with Gasteiger partial charge in [0.25, 0.3) is 0 Å². The largest absolute Gasteiger partial charge is 0.313 e. The van der Waals surface area contributed by atoms with Crippen LogP contribution in [0.3, 0.4) is 0 Å². The first-order chi connectivity index (χ1) is 7.79. The summed E-state index contributed by atoms with van der Waals surface area (Å²) in [7, 11) is 0. The van der Waals surface area contributed by atoms with Crippen LogP contribution in [0.25, 0.3) is 0 Å². The van der Waals surface area contributed by atoms with Crippen molar-refractivity contribution in [2.24, 2.45) is 5.92 Å². The minimum Gasteiger partial charge on any atom is -0.313 e. The van der Waals surface area contributed by atoms with Gasteiger partial charge in [0.05, 0.1) is 0 Å². The Balaban J connectivity index is 1.83. The van der Waals surface area contributed by atoms with Gasteiger partial charge in [-0.2, -0.15) is 0 Å². The Hall–Kier alpha value is -0.0800. The maximum absolute atomic E-state index is 3.62. The molecule has 0 aromatic carbocycles. The van der Waals surface area contributed by atoms with Gasteiger partial charge in [0.2, 0.25) is 0 Å². The maximum atomic E-state index is 3.62. The number of rotatable bonds is 3. The fraction of sp³-hybridized carbons (Fsp3) is 1.00. The molecule has 0 aromatic heterocycles. The average molecular weight is 224 g/mol. The highest BCUT2D eigenvalue weighted by Crippen LogP contribution is 2.28. The highest BCUT2D eigenvalue weighted by Gasteiger charge is 2.28. The molecule has 2 heteroatoms. The number of nitrogens with one attached hydrogen (secondary N) is 1. The Labute approximate surface area is 101 Å². The lowest BCUT2D eigenvalue weighted by atomic mass is 9.85. The summed E-state index contributed by atoms with van der Waals surface area (Å²) in [5.41, 5.74) is 0. The molecule has 0 spiro atoms. The Morgan fingerprint density at radius 3 is 2.81 bits per heavy atom. The molecule has 1 N–H and O–H groups in total. The van der Waals surface area contributed by atoms with Gasteiger partial charge < -0.3 is 5.32 Å². The van der Waals surface area contributed by atoms with E-state index in [-0.39, 0.29) is 0 Å². The van der Waals surface area contributed by atoms with Gasteiger partial charge in [-0.25, -0.2) is 0 Å². The molecule has 94 valence electrons. The predicted octanol–water partition coefficient (Wildman–Crippen LogP) is 2.64. The van der Waals surface area contributed by atoms with E-state index in [1.54, 1.807) is 0 Å². The zero-order valence-corrected chi connectivity index (χ0v) is 11.0. The van der Waals surface area contributed by atoms with Crippen molar-refractivity contribution >= 4 is 0 Å². The molecule has 3 atom stereocenters. The normalized spacial score (nSPS) is 37.5. The predicted molar refractivity (Wildman–Crippen MR) is 69.7 cm³/mol. The monoisotopic (exact) mass is 224 g/mol. The number of likely N-dealkylation sites (N-methyl/N-ethyl adjacent to an activating group) is 1. The van der Waals surface area contributed by atoms with Crippen molar-refractivity contribution in [3.8, 4) is 0 Å². The molecule has 1 heterocycles. The molecule has 2 fully saturated rings. The summed E-state index contributed by atoms with van der Waals surface area (Å²) in [6, 6.07) is 1.65. The zero-order chi connectivity index (χ0) is 11.4. The zero-order valence-electron chi connectivity index (χ0n) is 11.0. The van der Waals surface area contributed by atoms with Crippen molar-refractivity contribution in [3.63, 3.8) is 0 Å². The second-order valence-corrected chi connectivity index (χ2v) is 5.82. The van der Waals surface area contributed by atoms with Crippen molar-refractivity contribution in [1.82, 2.24) is 10.2 Å². The van der Waals surface area contributed by atoms with E-state index in [9.17, 15) is 0 Å². The molecule has 0 amide bonds. The van der Waals surface area contributed by atoms with E-state index >= 15 is 0 Å². The molecule has 1 aliphatic heterocycles. The maximum Gasteiger partial charge on any atom is 0.0195 e. The summed E-state index contributed by atoms with van der Waals surface area (Å²) in [5, 5.41) is 3.62. The lowest BCUT2D eigenvalue weighted by Gasteiger charge is -2.41. The summed E-state index contributed by atoms with van der Waals surface area (Å²) in [6.07, 6.45) is 8.58. The number of likely N-dealkylation sites (tertiary alicyclic amines) is 1. The van der Waals surface area contributed by atoms with Gasteiger partial charge in [-0.05, 0) is 44.7 Å². The number of nitrogens with zero attached hydrogens (tertiary/aromatic N) is 1. The van der Waals surface area contributed by atoms with Crippen LogP contribution in [0.5, 0.6) is 0 Å². The van der Waals surface area contributed by atoms with Crippen LogP contribution in [0.2, 0.25) is 0 Å². The van der Waals surface area contributed by atoms with E-state index in [2.05, 4.69) is 24.1 Å². The van der Waals surface area contributed by atoms with Crippen LogP contribution in [-0.2, 0) is 0 Å². The van der Waals surface area contributed by atoms with Crippen LogP contribution in [0, 0.1) is 5.92 Å². The molecule has 2 rings (SSSR count). The second-order valence-electron chi connectivity index (χ2n) is 5.82. The van der Waals surface area contributed by atoms with Gasteiger partial charge >= 0.3 is 0 Å². The minimum absolute atomic E-state index is 0.760. The fourth-order valence-corrected chi connectivity index (χ4v) is 3.53. The summed E-state index contributed by atoms with van der Waals surface area (Å²) in [4.78, 5) is 2.77. The van der Waals surface area contributed by atoms with Gasteiger partial charge in [0.15, 0.2) is 0 Å². The Morgan fingerprint density at radius 1 is 1.19 bits per heavy atom. The molecule has 3 unspecified atom stereocenters. The third-order valence-corrected chi connectivity index (χ3v) is 4.37. The van der Waals surface area contributed by atoms with Crippen molar-refractivity contribution in [2.45, 2.75) is 64.5 Å². The van der Waals surface area contributed by atoms with Crippen LogP contribution in [0.4, 0.5) is 0 Å². The number of hydrogen-bond donors (Lipinski definition) is 1. The first-order valence-electron chi connectivity index (χ1n) is 7.27. The van der Waals surface area contributed by atoms with Gasteiger partial charge in [-0.1, -0.05) is 26.7 Å². The smallest absolute Gasteiger partial charge is 0.0195 e. The van der Waals surface area contributed by atoms with Crippen molar-refractivity contribution in [1.29, 1.82) is 0 Å². The topological polar surface area (TPSA) is 15.3 Å². The Morgan fingerprint density at radius 2 is 2.06 bits per heavy atom. The summed E-state index contributed by atoms with van der Waals surface area (Å²) in [5.74, 6) is 0.957. The van der Waals surface area contributed by atoms with Gasteiger partial charge in [0, 0.05) is 18.6 Å². The van der Waals surface area contributed by atoms with Crippen molar-refractivity contribution < 1.29 is 0 Å².